The molecule has 1 aromatic carbocycles. The Balaban J connectivity index is 2.62. The minimum atomic E-state index is -4.41. The largest absolute Gasteiger partial charge is 0.489 e. The molecule has 0 heterocycles. The summed E-state index contributed by atoms with van der Waals surface area (Å²) >= 11 is 5.44. The summed E-state index contributed by atoms with van der Waals surface area (Å²) in [5.74, 6) is -0.923. The molecule has 1 unspecified atom stereocenters. The zero-order valence-corrected chi connectivity index (χ0v) is 10.9. The molecule has 90 valence electrons. The van der Waals surface area contributed by atoms with Crippen molar-refractivity contribution in [1.82, 2.24) is 0 Å². The molecule has 0 saturated heterocycles. The van der Waals surface area contributed by atoms with Gasteiger partial charge in [0.05, 0.1) is 0 Å². The predicted molar refractivity (Wildman–Crippen MR) is 58.4 cm³/mol. The molecule has 0 spiro atoms. The third-order valence-corrected chi connectivity index (χ3v) is 2.91. The molecule has 1 aromatic rings. The van der Waals surface area contributed by atoms with Gasteiger partial charge in [-0.25, -0.2) is 4.39 Å². The van der Waals surface area contributed by atoms with Crippen LogP contribution in [0.4, 0.5) is 17.6 Å². The first-order chi connectivity index (χ1) is 7.30. The fourth-order valence-corrected chi connectivity index (χ4v) is 1.32. The van der Waals surface area contributed by atoms with E-state index in [-0.39, 0.29) is 5.75 Å². The van der Waals surface area contributed by atoms with Gasteiger partial charge < -0.3 is 4.74 Å². The molecule has 0 aliphatic heterocycles. The SMILES string of the molecule is Fc1cc(Br)ccc1OCC(Br)C(F)(F)F. The van der Waals surface area contributed by atoms with Crippen LogP contribution in [0.3, 0.4) is 0 Å². The van der Waals surface area contributed by atoms with E-state index in [1.165, 1.54) is 12.1 Å². The number of hydrogen-bond donors (Lipinski definition) is 0. The average molecular weight is 366 g/mol. The van der Waals surface area contributed by atoms with Crippen molar-refractivity contribution in [2.75, 3.05) is 6.61 Å². The Labute approximate surface area is 106 Å². The second kappa shape index (κ2) is 5.35. The minimum Gasteiger partial charge on any atom is -0.489 e. The minimum absolute atomic E-state index is 0.211. The van der Waals surface area contributed by atoms with E-state index in [1.807, 2.05) is 0 Å². The number of hydrogen-bond acceptors (Lipinski definition) is 1. The molecule has 1 atom stereocenters. The summed E-state index contributed by atoms with van der Waals surface area (Å²) in [7, 11) is 0. The van der Waals surface area contributed by atoms with Crippen LogP contribution in [0.25, 0.3) is 0 Å². The fraction of sp³-hybridized carbons (Fsp3) is 0.333. The first-order valence-corrected chi connectivity index (χ1v) is 5.80. The quantitative estimate of drug-likeness (QED) is 0.573. The van der Waals surface area contributed by atoms with Crippen molar-refractivity contribution in [3.63, 3.8) is 0 Å². The van der Waals surface area contributed by atoms with Gasteiger partial charge in [-0.2, -0.15) is 13.2 Å². The summed E-state index contributed by atoms with van der Waals surface area (Å²) in [4.78, 5) is -1.82. The molecule has 0 bridgehead atoms. The van der Waals surface area contributed by atoms with Crippen LogP contribution in [0.5, 0.6) is 5.75 Å². The first-order valence-electron chi connectivity index (χ1n) is 4.09. The van der Waals surface area contributed by atoms with E-state index in [2.05, 4.69) is 31.9 Å². The third-order valence-electron chi connectivity index (χ3n) is 1.63. The summed E-state index contributed by atoms with van der Waals surface area (Å²) < 4.78 is 54.6. The molecule has 0 N–H and O–H groups in total. The van der Waals surface area contributed by atoms with Crippen molar-refractivity contribution in [3.05, 3.63) is 28.5 Å². The lowest BCUT2D eigenvalue weighted by molar-refractivity contribution is -0.132. The van der Waals surface area contributed by atoms with Gasteiger partial charge in [0.1, 0.15) is 11.4 Å². The highest BCUT2D eigenvalue weighted by Gasteiger charge is 2.38. The topological polar surface area (TPSA) is 9.23 Å². The smallest absolute Gasteiger partial charge is 0.404 e. The Bertz CT molecular complexity index is 367. The van der Waals surface area contributed by atoms with E-state index >= 15 is 0 Å². The average Bonchev–Trinajstić information content (AvgIpc) is 2.14. The van der Waals surface area contributed by atoms with Crippen molar-refractivity contribution in [3.8, 4) is 5.75 Å². The van der Waals surface area contributed by atoms with Crippen molar-refractivity contribution in [2.45, 2.75) is 11.0 Å². The maximum absolute atomic E-state index is 13.1. The summed E-state index contributed by atoms with van der Waals surface area (Å²) in [6.07, 6.45) is -4.41. The molecule has 0 fully saturated rings. The van der Waals surface area contributed by atoms with Crippen molar-refractivity contribution in [1.29, 1.82) is 0 Å². The van der Waals surface area contributed by atoms with Crippen LogP contribution in [0.15, 0.2) is 22.7 Å². The highest BCUT2D eigenvalue weighted by atomic mass is 79.9. The molecule has 7 heteroatoms. The van der Waals surface area contributed by atoms with E-state index in [0.29, 0.717) is 4.47 Å². The molecule has 0 aliphatic carbocycles. The summed E-state index contributed by atoms with van der Waals surface area (Å²) in [5.41, 5.74) is 0. The van der Waals surface area contributed by atoms with Crippen LogP contribution in [0.1, 0.15) is 0 Å². The van der Waals surface area contributed by atoms with E-state index in [1.54, 1.807) is 0 Å². The van der Waals surface area contributed by atoms with Gasteiger partial charge in [-0.1, -0.05) is 31.9 Å². The summed E-state index contributed by atoms with van der Waals surface area (Å²) in [6.45, 7) is -0.679. The normalized spacial score (nSPS) is 13.6. The maximum atomic E-state index is 13.1. The van der Waals surface area contributed by atoms with Crippen LogP contribution < -0.4 is 4.74 Å². The van der Waals surface area contributed by atoms with E-state index < -0.39 is 23.4 Å². The molecular weight excluding hydrogens is 360 g/mol. The third kappa shape index (κ3) is 3.93. The van der Waals surface area contributed by atoms with Crippen molar-refractivity contribution in [2.24, 2.45) is 0 Å². The monoisotopic (exact) mass is 364 g/mol. The Kier molecular flexibility index (Phi) is 4.61. The van der Waals surface area contributed by atoms with Crippen molar-refractivity contribution >= 4 is 31.9 Å². The lowest BCUT2D eigenvalue weighted by atomic mass is 10.3. The first kappa shape index (κ1) is 13.8. The standard InChI is InChI=1S/C9H6Br2F4O/c10-5-1-2-7(6(12)3-5)16-4-8(11)9(13,14)15/h1-3,8H,4H2. The molecule has 0 radical (unpaired) electrons. The molecule has 0 aromatic heterocycles. The summed E-state index contributed by atoms with van der Waals surface area (Å²) in [5, 5.41) is 0. The molecule has 1 nitrogen and oxygen atoms in total. The van der Waals surface area contributed by atoms with Gasteiger partial charge in [0.15, 0.2) is 11.6 Å². The van der Waals surface area contributed by atoms with Crippen LogP contribution in [0, 0.1) is 5.82 Å². The van der Waals surface area contributed by atoms with E-state index in [0.717, 1.165) is 6.07 Å². The van der Waals surface area contributed by atoms with Gasteiger partial charge in [-0.05, 0) is 18.2 Å². The van der Waals surface area contributed by atoms with Gasteiger partial charge >= 0.3 is 6.18 Å². The molecule has 0 aliphatic rings. The Hall–Kier alpha value is -0.300. The Morgan fingerprint density at radius 3 is 2.44 bits per heavy atom. The van der Waals surface area contributed by atoms with Gasteiger partial charge in [0.2, 0.25) is 0 Å². The number of rotatable bonds is 3. The highest BCUT2D eigenvalue weighted by molar-refractivity contribution is 9.10. The van der Waals surface area contributed by atoms with Gasteiger partial charge in [0.25, 0.3) is 0 Å². The highest BCUT2D eigenvalue weighted by Crippen LogP contribution is 2.28. The van der Waals surface area contributed by atoms with Gasteiger partial charge in [0, 0.05) is 4.47 Å². The Morgan fingerprint density at radius 1 is 1.31 bits per heavy atom. The van der Waals surface area contributed by atoms with Crippen LogP contribution in [0.2, 0.25) is 0 Å². The molecule has 0 amide bonds. The molecule has 0 saturated carbocycles. The van der Waals surface area contributed by atoms with E-state index in [4.69, 9.17) is 4.74 Å². The molecule has 1 rings (SSSR count). The number of benzene rings is 1. The molecular formula is C9H6Br2F4O. The Morgan fingerprint density at radius 2 is 1.94 bits per heavy atom. The van der Waals surface area contributed by atoms with Crippen LogP contribution in [-0.4, -0.2) is 17.6 Å². The van der Waals surface area contributed by atoms with Gasteiger partial charge in [-0.3, -0.25) is 0 Å². The lowest BCUT2D eigenvalue weighted by Crippen LogP contribution is -2.29. The van der Waals surface area contributed by atoms with Crippen LogP contribution >= 0.6 is 31.9 Å². The van der Waals surface area contributed by atoms with Gasteiger partial charge in [-0.15, -0.1) is 0 Å². The number of alkyl halides is 4. The van der Waals surface area contributed by atoms with E-state index in [9.17, 15) is 17.6 Å². The summed E-state index contributed by atoms with van der Waals surface area (Å²) in [6, 6.07) is 3.86. The number of halogens is 6. The second-order valence-corrected chi connectivity index (χ2v) is 4.92. The second-order valence-electron chi connectivity index (χ2n) is 2.89. The predicted octanol–water partition coefficient (Wildman–Crippen LogP) is 4.29. The fourth-order valence-electron chi connectivity index (χ4n) is 0.850. The zero-order chi connectivity index (χ0) is 12.3. The lowest BCUT2D eigenvalue weighted by Gasteiger charge is -2.15. The van der Waals surface area contributed by atoms with Crippen molar-refractivity contribution < 1.29 is 22.3 Å². The maximum Gasteiger partial charge on any atom is 0.404 e. The van der Waals surface area contributed by atoms with Crippen LogP contribution in [-0.2, 0) is 0 Å². The molecule has 16 heavy (non-hydrogen) atoms. The number of ether oxygens (including phenoxy) is 1. The zero-order valence-electron chi connectivity index (χ0n) is 7.69.